The van der Waals surface area contributed by atoms with Crippen molar-refractivity contribution in [2.24, 2.45) is 0 Å². The molecule has 11 nitrogen and oxygen atoms in total. The van der Waals surface area contributed by atoms with Gasteiger partial charge in [-0.2, -0.15) is 0 Å². The average molecular weight is 562 g/mol. The number of nitrogens with one attached hydrogen (secondary N) is 1. The van der Waals surface area contributed by atoms with Gasteiger partial charge in [0, 0.05) is 41.4 Å². The van der Waals surface area contributed by atoms with Gasteiger partial charge >= 0.3 is 6.09 Å². The number of halogens is 1. The lowest BCUT2D eigenvalue weighted by molar-refractivity contribution is -0.384. The van der Waals surface area contributed by atoms with E-state index in [2.05, 4.69) is 15.3 Å². The molecule has 1 N–H and O–H groups in total. The van der Waals surface area contributed by atoms with E-state index in [-0.39, 0.29) is 18.0 Å². The highest BCUT2D eigenvalue weighted by molar-refractivity contribution is 7.22. The molecule has 0 bridgehead atoms. The number of anilines is 1. The van der Waals surface area contributed by atoms with Crippen molar-refractivity contribution in [2.45, 2.75) is 19.4 Å². The molecule has 0 saturated heterocycles. The maximum atomic E-state index is 15.0. The Morgan fingerprint density at radius 2 is 2.02 bits per heavy atom. The van der Waals surface area contributed by atoms with Crippen LogP contribution >= 0.6 is 11.3 Å². The van der Waals surface area contributed by atoms with Crippen LogP contribution in [0.1, 0.15) is 11.1 Å². The first-order valence-electron chi connectivity index (χ1n) is 12.1. The number of thiazole rings is 1. The maximum Gasteiger partial charge on any atom is 0.411 e. The highest BCUT2D eigenvalue weighted by atomic mass is 32.1. The van der Waals surface area contributed by atoms with Crippen LogP contribution in [-0.4, -0.2) is 45.8 Å². The Hall–Kier alpha value is -4.91. The van der Waals surface area contributed by atoms with Crippen LogP contribution in [0.4, 0.5) is 20.6 Å². The molecule has 0 saturated carbocycles. The van der Waals surface area contributed by atoms with Crippen LogP contribution in [0.3, 0.4) is 0 Å². The summed E-state index contributed by atoms with van der Waals surface area (Å²) in [5, 5.41) is 14.0. The summed E-state index contributed by atoms with van der Waals surface area (Å²) in [7, 11) is 1.53. The summed E-state index contributed by atoms with van der Waals surface area (Å²) in [4.78, 5) is 36.2. The van der Waals surface area contributed by atoms with E-state index < -0.39 is 22.9 Å². The number of rotatable bonds is 6. The highest BCUT2D eigenvalue weighted by Crippen LogP contribution is 2.43. The molecule has 1 amide bonds. The molecule has 1 atom stereocenters. The third-order valence-corrected chi connectivity index (χ3v) is 7.50. The molecule has 0 unspecified atom stereocenters. The minimum atomic E-state index is -0.761. The Morgan fingerprint density at radius 1 is 1.23 bits per heavy atom. The molecule has 3 heterocycles. The van der Waals surface area contributed by atoms with E-state index >= 15 is 4.39 Å². The fourth-order valence-corrected chi connectivity index (χ4v) is 5.65. The Bertz CT molecular complexity index is 1810. The van der Waals surface area contributed by atoms with Gasteiger partial charge in [-0.25, -0.2) is 24.1 Å². The Kier molecular flexibility index (Phi) is 6.34. The molecule has 0 aliphatic carbocycles. The minimum absolute atomic E-state index is 0.0978. The number of hydrogen-bond donors (Lipinski definition) is 1. The summed E-state index contributed by atoms with van der Waals surface area (Å²) in [5.41, 5.74) is 4.46. The third-order valence-electron chi connectivity index (χ3n) is 6.33. The van der Waals surface area contributed by atoms with E-state index in [1.54, 1.807) is 6.20 Å². The highest BCUT2D eigenvalue weighted by Gasteiger charge is 2.31. The van der Waals surface area contributed by atoms with Gasteiger partial charge in [-0.15, -0.1) is 11.3 Å². The topological polar surface area (TPSA) is 139 Å². The second kappa shape index (κ2) is 10.0. The van der Waals surface area contributed by atoms with Crippen LogP contribution in [0.5, 0.6) is 11.6 Å². The standard InChI is InChI=1S/C27H20FN5O6S/c1-13-7-17(23-20(8-13)31-22(37-2)11-29-23)26-32-21-10-19(28)24-18(25(21)40-26)9-16(39-24)12-38-27(34)30-14-3-5-15(6-4-14)33(35)36/h3-8,10-11,16H,9,12H2,1-2H3,(H,30,34)/t16-/m0/s1. The van der Waals surface area contributed by atoms with Gasteiger partial charge in [-0.05, 0) is 36.8 Å². The molecule has 13 heteroatoms. The van der Waals surface area contributed by atoms with E-state index in [1.807, 2.05) is 19.1 Å². The summed E-state index contributed by atoms with van der Waals surface area (Å²) in [6.07, 6.45) is 0.508. The molecule has 1 aliphatic rings. The molecule has 0 fully saturated rings. The number of aromatic nitrogens is 3. The lowest BCUT2D eigenvalue weighted by atomic mass is 10.1. The number of benzene rings is 3. The van der Waals surface area contributed by atoms with E-state index in [0.717, 1.165) is 15.8 Å². The van der Waals surface area contributed by atoms with Crippen LogP contribution in [0.2, 0.25) is 0 Å². The number of nitrogens with zero attached hydrogens (tertiary/aromatic N) is 4. The Balaban J connectivity index is 1.22. The van der Waals surface area contributed by atoms with Crippen molar-refractivity contribution in [3.8, 4) is 22.2 Å². The smallest absolute Gasteiger partial charge is 0.411 e. The zero-order chi connectivity index (χ0) is 28.0. The van der Waals surface area contributed by atoms with Crippen molar-refractivity contribution in [1.82, 2.24) is 15.0 Å². The first-order chi connectivity index (χ1) is 19.3. The number of carbonyl (C=O) groups is 1. The molecule has 1 aliphatic heterocycles. The van der Waals surface area contributed by atoms with Gasteiger partial charge in [0.2, 0.25) is 5.88 Å². The minimum Gasteiger partial charge on any atom is -0.483 e. The zero-order valence-electron chi connectivity index (χ0n) is 21.1. The Morgan fingerprint density at radius 3 is 2.77 bits per heavy atom. The second-order valence-corrected chi connectivity index (χ2v) is 10.1. The van der Waals surface area contributed by atoms with Crippen molar-refractivity contribution in [3.05, 3.63) is 75.7 Å². The molecular weight excluding hydrogens is 541 g/mol. The normalized spacial score (nSPS) is 14.1. The fraction of sp³-hybridized carbons (Fsp3) is 0.185. The zero-order valence-corrected chi connectivity index (χ0v) is 22.0. The van der Waals surface area contributed by atoms with Gasteiger partial charge in [0.1, 0.15) is 17.7 Å². The summed E-state index contributed by atoms with van der Waals surface area (Å²) in [6.45, 7) is 1.82. The number of fused-ring (bicyclic) bond motifs is 4. The predicted molar refractivity (Wildman–Crippen MR) is 146 cm³/mol. The number of amides is 1. The predicted octanol–water partition coefficient (Wildman–Crippen LogP) is 5.82. The first-order valence-corrected chi connectivity index (χ1v) is 12.9. The van der Waals surface area contributed by atoms with Gasteiger partial charge in [0.15, 0.2) is 11.6 Å². The lowest BCUT2D eigenvalue weighted by Crippen LogP contribution is -2.25. The number of nitro benzene ring substituents is 1. The van der Waals surface area contributed by atoms with E-state index in [4.69, 9.17) is 19.2 Å². The van der Waals surface area contributed by atoms with Crippen molar-refractivity contribution < 1.29 is 28.3 Å². The number of ether oxygens (including phenoxy) is 3. The second-order valence-electron chi connectivity index (χ2n) is 9.10. The summed E-state index contributed by atoms with van der Waals surface area (Å²) < 4.78 is 32.1. The van der Waals surface area contributed by atoms with Gasteiger partial charge in [-0.1, -0.05) is 0 Å². The van der Waals surface area contributed by atoms with E-state index in [9.17, 15) is 14.9 Å². The largest absolute Gasteiger partial charge is 0.483 e. The average Bonchev–Trinajstić information content (AvgIpc) is 3.56. The van der Waals surface area contributed by atoms with Crippen molar-refractivity contribution in [1.29, 1.82) is 0 Å². The van der Waals surface area contributed by atoms with Gasteiger partial charge < -0.3 is 14.2 Å². The van der Waals surface area contributed by atoms with Crippen LogP contribution in [0, 0.1) is 22.9 Å². The molecule has 0 radical (unpaired) electrons. The molecular formula is C27H20FN5O6S. The summed E-state index contributed by atoms with van der Waals surface area (Å²) >= 11 is 1.40. The lowest BCUT2D eigenvalue weighted by Gasteiger charge is -2.12. The van der Waals surface area contributed by atoms with Crippen LogP contribution < -0.4 is 14.8 Å². The number of carbonyl (C=O) groups excluding carboxylic acids is 1. The van der Waals surface area contributed by atoms with Gasteiger partial charge in [0.25, 0.3) is 5.69 Å². The first kappa shape index (κ1) is 25.4. The van der Waals surface area contributed by atoms with E-state index in [1.165, 1.54) is 48.8 Å². The number of hydrogen-bond acceptors (Lipinski definition) is 10. The summed E-state index contributed by atoms with van der Waals surface area (Å²) in [6, 6.07) is 10.6. The number of nitro groups is 1. The van der Waals surface area contributed by atoms with Crippen molar-refractivity contribution in [2.75, 3.05) is 19.0 Å². The van der Waals surface area contributed by atoms with Crippen LogP contribution in [0.15, 0.2) is 48.7 Å². The van der Waals surface area contributed by atoms with Gasteiger partial charge in [-0.3, -0.25) is 15.4 Å². The molecule has 0 spiro atoms. The van der Waals surface area contributed by atoms with Crippen molar-refractivity contribution in [3.63, 3.8) is 0 Å². The van der Waals surface area contributed by atoms with Crippen LogP contribution in [-0.2, 0) is 11.2 Å². The number of methoxy groups -OCH3 is 1. The molecule has 6 rings (SSSR count). The number of non-ortho nitro benzene ring substituents is 1. The van der Waals surface area contributed by atoms with Gasteiger partial charge in [0.05, 0.1) is 39.5 Å². The fourth-order valence-electron chi connectivity index (χ4n) is 4.53. The third kappa shape index (κ3) is 4.71. The van der Waals surface area contributed by atoms with Crippen LogP contribution in [0.25, 0.3) is 31.8 Å². The monoisotopic (exact) mass is 561 g/mol. The molecule has 40 heavy (non-hydrogen) atoms. The van der Waals surface area contributed by atoms with E-state index in [0.29, 0.717) is 45.1 Å². The maximum absolute atomic E-state index is 15.0. The quantitative estimate of drug-likeness (QED) is 0.201. The number of aryl methyl sites for hydroxylation is 1. The molecule has 5 aromatic rings. The Labute approximate surface area is 229 Å². The molecule has 202 valence electrons. The van der Waals surface area contributed by atoms with Crippen molar-refractivity contribution >= 4 is 50.1 Å². The molecule has 2 aromatic heterocycles. The molecule has 3 aromatic carbocycles. The summed E-state index contributed by atoms with van der Waals surface area (Å²) in [5.74, 6) is -0.0263. The SMILES string of the molecule is COc1cnc2c(-c3nc4cc(F)c5c(c4s3)C[C@@H](COC(=O)Nc3ccc([N+](=O)[O-])cc3)O5)cc(C)cc2n1.